The summed E-state index contributed by atoms with van der Waals surface area (Å²) in [6.07, 6.45) is 0. The lowest BCUT2D eigenvalue weighted by Gasteiger charge is -2.46. The van der Waals surface area contributed by atoms with Crippen LogP contribution < -0.4 is 31.9 Å². The Hall–Kier alpha value is -3.54. The van der Waals surface area contributed by atoms with Gasteiger partial charge in [-0.1, -0.05) is 36.4 Å². The molecule has 3 aromatic carbocycles. The Morgan fingerprint density at radius 1 is 0.444 bits per heavy atom. The van der Waals surface area contributed by atoms with Crippen LogP contribution in [0, 0.1) is 0 Å². The van der Waals surface area contributed by atoms with Crippen molar-refractivity contribution in [3.05, 3.63) is 72.8 Å². The Balaban J connectivity index is 1.74. The van der Waals surface area contributed by atoms with Gasteiger partial charge in [-0.2, -0.15) is 0 Å². The number of nitrogen functional groups attached to an aromatic ring is 3. The van der Waals surface area contributed by atoms with Crippen molar-refractivity contribution in [2.45, 2.75) is 0 Å². The summed E-state index contributed by atoms with van der Waals surface area (Å²) in [4.78, 5) is 6.70. The first kappa shape index (κ1) is 16.9. The minimum Gasteiger partial charge on any atom is -0.397 e. The van der Waals surface area contributed by atoms with Gasteiger partial charge in [0, 0.05) is 0 Å². The van der Waals surface area contributed by atoms with Gasteiger partial charge in [0.25, 0.3) is 0 Å². The maximum absolute atomic E-state index is 6.25. The highest BCUT2D eigenvalue weighted by atomic mass is 15.5. The Labute approximate surface area is 159 Å². The highest BCUT2D eigenvalue weighted by molar-refractivity contribution is 5.75. The van der Waals surface area contributed by atoms with Gasteiger partial charge in [-0.15, -0.1) is 0 Å². The molecule has 6 nitrogen and oxygen atoms in total. The van der Waals surface area contributed by atoms with Crippen molar-refractivity contribution in [3.63, 3.8) is 0 Å². The molecule has 0 saturated carbocycles. The summed E-state index contributed by atoms with van der Waals surface area (Å²) in [5.74, 6) is 0. The van der Waals surface area contributed by atoms with Gasteiger partial charge >= 0.3 is 0 Å². The molecule has 0 aliphatic carbocycles. The van der Waals surface area contributed by atoms with Gasteiger partial charge in [-0.25, -0.2) is 0 Å². The molecule has 0 spiro atoms. The third-order valence-corrected chi connectivity index (χ3v) is 4.86. The number of nitrogens with two attached hydrogens (primary N) is 3. The summed E-state index contributed by atoms with van der Waals surface area (Å²) in [7, 11) is 0. The van der Waals surface area contributed by atoms with Crippen LogP contribution in [0.25, 0.3) is 0 Å². The minimum absolute atomic E-state index is 0.686. The molecule has 1 saturated heterocycles. The maximum atomic E-state index is 6.25. The summed E-state index contributed by atoms with van der Waals surface area (Å²) in [5.41, 5.74) is 24.0. The minimum atomic E-state index is 0.686. The summed E-state index contributed by atoms with van der Waals surface area (Å²) < 4.78 is 0. The highest BCUT2D eigenvalue weighted by Crippen LogP contribution is 2.33. The fourth-order valence-electron chi connectivity index (χ4n) is 3.54. The molecule has 1 aliphatic rings. The quantitative estimate of drug-likeness (QED) is 0.622. The molecule has 1 fully saturated rings. The maximum Gasteiger partial charge on any atom is 0.0939 e. The van der Waals surface area contributed by atoms with Crippen LogP contribution in [0.4, 0.5) is 34.1 Å². The first-order valence-electron chi connectivity index (χ1n) is 8.92. The number of nitrogens with zero attached hydrogens (tertiary/aromatic N) is 3. The molecule has 4 rings (SSSR count). The van der Waals surface area contributed by atoms with E-state index in [4.69, 9.17) is 17.2 Å². The van der Waals surface area contributed by atoms with Gasteiger partial charge in [-0.05, 0) is 36.4 Å². The number of anilines is 6. The van der Waals surface area contributed by atoms with Crippen molar-refractivity contribution in [1.29, 1.82) is 0 Å². The van der Waals surface area contributed by atoms with Crippen molar-refractivity contribution in [3.8, 4) is 0 Å². The van der Waals surface area contributed by atoms with Crippen molar-refractivity contribution in [1.82, 2.24) is 0 Å². The van der Waals surface area contributed by atoms with Gasteiger partial charge in [0.1, 0.15) is 0 Å². The van der Waals surface area contributed by atoms with E-state index in [0.29, 0.717) is 20.0 Å². The Kier molecular flexibility index (Phi) is 4.38. The predicted molar refractivity (Wildman–Crippen MR) is 115 cm³/mol. The van der Waals surface area contributed by atoms with Crippen LogP contribution in [0.3, 0.4) is 0 Å². The lowest BCUT2D eigenvalue weighted by Crippen LogP contribution is -2.56. The molecular weight excluding hydrogens is 336 g/mol. The van der Waals surface area contributed by atoms with E-state index in [2.05, 4.69) is 14.7 Å². The summed E-state index contributed by atoms with van der Waals surface area (Å²) in [5, 5.41) is 0. The van der Waals surface area contributed by atoms with Crippen molar-refractivity contribution >= 4 is 34.1 Å². The summed E-state index contributed by atoms with van der Waals surface area (Å²) in [6.45, 7) is 2.06. The number of hydrogen-bond acceptors (Lipinski definition) is 6. The Bertz CT molecular complexity index is 813. The highest BCUT2D eigenvalue weighted by Gasteiger charge is 2.26. The van der Waals surface area contributed by atoms with E-state index in [-0.39, 0.29) is 0 Å². The van der Waals surface area contributed by atoms with E-state index in [9.17, 15) is 0 Å². The zero-order chi connectivity index (χ0) is 18.8. The standard InChI is InChI=1S/C21H24N6/c22-16-7-1-4-10-19(16)25-13-26(20-11-5-2-8-17(20)23)15-27(14-25)21-12-6-3-9-18(21)24/h1-12H,13-15,22-24H2. The van der Waals surface area contributed by atoms with Crippen LogP contribution in [0.2, 0.25) is 0 Å². The summed E-state index contributed by atoms with van der Waals surface area (Å²) in [6, 6.07) is 23.7. The van der Waals surface area contributed by atoms with Gasteiger partial charge in [-0.3, -0.25) is 0 Å². The molecular formula is C21H24N6. The van der Waals surface area contributed by atoms with Gasteiger partial charge in [0.05, 0.1) is 54.1 Å². The zero-order valence-corrected chi connectivity index (χ0v) is 15.1. The van der Waals surface area contributed by atoms with Crippen molar-refractivity contribution in [2.24, 2.45) is 0 Å². The van der Waals surface area contributed by atoms with Gasteiger partial charge in [0.2, 0.25) is 0 Å². The van der Waals surface area contributed by atoms with E-state index < -0.39 is 0 Å². The number of benzene rings is 3. The first-order chi connectivity index (χ1) is 13.1. The second-order valence-electron chi connectivity index (χ2n) is 6.72. The molecule has 1 heterocycles. The lowest BCUT2D eigenvalue weighted by atomic mass is 10.2. The predicted octanol–water partition coefficient (Wildman–Crippen LogP) is 3.14. The fraction of sp³-hybridized carbons (Fsp3) is 0.143. The molecule has 0 unspecified atom stereocenters. The number of hydrogen-bond donors (Lipinski definition) is 3. The van der Waals surface area contributed by atoms with Crippen LogP contribution in [-0.4, -0.2) is 20.0 Å². The zero-order valence-electron chi connectivity index (χ0n) is 15.1. The van der Waals surface area contributed by atoms with Crippen LogP contribution >= 0.6 is 0 Å². The second kappa shape index (κ2) is 6.99. The molecule has 0 atom stereocenters. The van der Waals surface area contributed by atoms with E-state index in [1.54, 1.807) is 0 Å². The SMILES string of the molecule is Nc1ccccc1N1CN(c2ccccc2N)CN(c2ccccc2N)C1. The lowest BCUT2D eigenvalue weighted by molar-refractivity contribution is 0.612. The Morgan fingerprint density at radius 2 is 0.704 bits per heavy atom. The van der Waals surface area contributed by atoms with E-state index in [0.717, 1.165) is 34.1 Å². The van der Waals surface area contributed by atoms with Crippen LogP contribution in [0.15, 0.2) is 72.8 Å². The molecule has 0 bridgehead atoms. The average molecular weight is 360 g/mol. The molecule has 138 valence electrons. The molecule has 6 N–H and O–H groups in total. The van der Waals surface area contributed by atoms with Gasteiger partial charge < -0.3 is 31.9 Å². The monoisotopic (exact) mass is 360 g/mol. The van der Waals surface area contributed by atoms with Crippen LogP contribution in [-0.2, 0) is 0 Å². The van der Waals surface area contributed by atoms with E-state index in [1.165, 1.54) is 0 Å². The second-order valence-corrected chi connectivity index (χ2v) is 6.72. The van der Waals surface area contributed by atoms with Crippen molar-refractivity contribution in [2.75, 3.05) is 51.9 Å². The third kappa shape index (κ3) is 3.29. The smallest absolute Gasteiger partial charge is 0.0939 e. The number of rotatable bonds is 3. The van der Waals surface area contributed by atoms with Gasteiger partial charge in [0.15, 0.2) is 0 Å². The fourth-order valence-corrected chi connectivity index (χ4v) is 3.54. The molecule has 6 heteroatoms. The molecule has 0 aromatic heterocycles. The third-order valence-electron chi connectivity index (χ3n) is 4.86. The van der Waals surface area contributed by atoms with Crippen LogP contribution in [0.5, 0.6) is 0 Å². The van der Waals surface area contributed by atoms with E-state index >= 15 is 0 Å². The normalized spacial score (nSPS) is 14.4. The van der Waals surface area contributed by atoms with Crippen molar-refractivity contribution < 1.29 is 0 Å². The molecule has 27 heavy (non-hydrogen) atoms. The molecule has 1 aliphatic heterocycles. The molecule has 0 radical (unpaired) electrons. The average Bonchev–Trinajstić information content (AvgIpc) is 2.69. The summed E-state index contributed by atoms with van der Waals surface area (Å²) >= 11 is 0. The first-order valence-corrected chi connectivity index (χ1v) is 8.92. The molecule has 0 amide bonds. The molecule has 3 aromatic rings. The Morgan fingerprint density at radius 3 is 0.963 bits per heavy atom. The topological polar surface area (TPSA) is 87.8 Å². The van der Waals surface area contributed by atoms with E-state index in [1.807, 2.05) is 72.8 Å². The number of para-hydroxylation sites is 6. The largest absolute Gasteiger partial charge is 0.397 e. The van der Waals surface area contributed by atoms with Crippen LogP contribution in [0.1, 0.15) is 0 Å².